The lowest BCUT2D eigenvalue weighted by Gasteiger charge is -2.23. The van der Waals surface area contributed by atoms with Gasteiger partial charge in [0.2, 0.25) is 0 Å². The molecule has 0 fully saturated rings. The highest BCUT2D eigenvalue weighted by atomic mass is 16.5. The van der Waals surface area contributed by atoms with Gasteiger partial charge in [-0.1, -0.05) is 38.5 Å². The van der Waals surface area contributed by atoms with Crippen molar-refractivity contribution in [3.8, 4) is 5.75 Å². The van der Waals surface area contributed by atoms with Crippen molar-refractivity contribution in [1.82, 2.24) is 0 Å². The second-order valence-electron chi connectivity index (χ2n) is 4.72. The van der Waals surface area contributed by atoms with Crippen LogP contribution in [-0.4, -0.2) is 17.3 Å². The minimum Gasteiger partial charge on any atom is -0.487 e. The molecule has 1 N–H and O–H groups in total. The predicted octanol–water partition coefficient (Wildman–Crippen LogP) is 2.79. The van der Waals surface area contributed by atoms with Gasteiger partial charge in [-0.2, -0.15) is 0 Å². The van der Waals surface area contributed by atoms with Crippen LogP contribution < -0.4 is 4.74 Å². The first kappa shape index (κ1) is 11.5. The zero-order valence-electron chi connectivity index (χ0n) is 10.0. The molecule has 0 bridgehead atoms. The van der Waals surface area contributed by atoms with Crippen molar-refractivity contribution in [2.45, 2.75) is 45.3 Å². The number of ether oxygens (including phenoxy) is 1. The number of fused-ring (bicyclic) bond motifs is 1. The van der Waals surface area contributed by atoms with E-state index in [0.717, 1.165) is 25.0 Å². The average Bonchev–Trinajstić information content (AvgIpc) is 2.71. The van der Waals surface area contributed by atoms with Crippen molar-refractivity contribution in [3.63, 3.8) is 0 Å². The lowest BCUT2D eigenvalue weighted by Crippen LogP contribution is -2.35. The van der Waals surface area contributed by atoms with Gasteiger partial charge in [0.05, 0.1) is 6.10 Å². The Balaban J connectivity index is 2.00. The lowest BCUT2D eigenvalue weighted by atomic mass is 9.93. The van der Waals surface area contributed by atoms with E-state index in [2.05, 4.69) is 19.9 Å². The second kappa shape index (κ2) is 4.88. The van der Waals surface area contributed by atoms with E-state index in [9.17, 15) is 5.11 Å². The Labute approximate surface area is 97.3 Å². The van der Waals surface area contributed by atoms with Gasteiger partial charge in [0.1, 0.15) is 11.9 Å². The lowest BCUT2D eigenvalue weighted by molar-refractivity contribution is 0.0106. The van der Waals surface area contributed by atoms with Crippen molar-refractivity contribution in [2.75, 3.05) is 0 Å². The Hall–Kier alpha value is -1.02. The van der Waals surface area contributed by atoms with Crippen LogP contribution in [0.3, 0.4) is 0 Å². The molecule has 2 heteroatoms. The van der Waals surface area contributed by atoms with Crippen LogP contribution in [0.15, 0.2) is 24.3 Å². The van der Waals surface area contributed by atoms with Crippen LogP contribution in [0.1, 0.15) is 32.3 Å². The molecule has 0 saturated carbocycles. The maximum absolute atomic E-state index is 10.2. The van der Waals surface area contributed by atoms with Gasteiger partial charge in [-0.25, -0.2) is 0 Å². The van der Waals surface area contributed by atoms with Crippen molar-refractivity contribution in [1.29, 1.82) is 0 Å². The topological polar surface area (TPSA) is 29.5 Å². The summed E-state index contributed by atoms with van der Waals surface area (Å²) in [6.07, 6.45) is 2.59. The summed E-state index contributed by atoms with van der Waals surface area (Å²) in [5, 5.41) is 10.2. The fourth-order valence-electron chi connectivity index (χ4n) is 2.39. The van der Waals surface area contributed by atoms with Gasteiger partial charge in [-0.15, -0.1) is 0 Å². The molecule has 0 saturated heterocycles. The minimum atomic E-state index is -0.354. The Bertz CT molecular complexity index is 323. The quantitative estimate of drug-likeness (QED) is 0.845. The molecule has 0 radical (unpaired) electrons. The van der Waals surface area contributed by atoms with Crippen LogP contribution in [-0.2, 0) is 6.42 Å². The summed E-state index contributed by atoms with van der Waals surface area (Å²) < 4.78 is 5.79. The third-order valence-corrected chi connectivity index (χ3v) is 3.38. The molecule has 1 aromatic carbocycles. The molecule has 1 aliphatic heterocycles. The molecule has 0 aromatic heterocycles. The molecule has 3 atom stereocenters. The largest absolute Gasteiger partial charge is 0.487 e. The van der Waals surface area contributed by atoms with Gasteiger partial charge >= 0.3 is 0 Å². The highest BCUT2D eigenvalue weighted by Gasteiger charge is 2.31. The van der Waals surface area contributed by atoms with E-state index >= 15 is 0 Å². The molecule has 0 amide bonds. The normalized spacial score (nSPS) is 22.3. The first-order valence-electron chi connectivity index (χ1n) is 6.15. The number of benzene rings is 1. The summed E-state index contributed by atoms with van der Waals surface area (Å²) in [4.78, 5) is 0. The highest BCUT2D eigenvalue weighted by Crippen LogP contribution is 2.31. The molecular formula is C14H20O2. The molecule has 3 unspecified atom stereocenters. The van der Waals surface area contributed by atoms with Crippen LogP contribution >= 0.6 is 0 Å². The molecule has 0 spiro atoms. The summed E-state index contributed by atoms with van der Waals surface area (Å²) in [5.74, 6) is 1.25. The zero-order chi connectivity index (χ0) is 11.5. The van der Waals surface area contributed by atoms with Gasteiger partial charge in [0, 0.05) is 6.42 Å². The number of rotatable bonds is 4. The monoisotopic (exact) mass is 220 g/mol. The smallest absolute Gasteiger partial charge is 0.129 e. The Morgan fingerprint density at radius 3 is 2.88 bits per heavy atom. The summed E-state index contributed by atoms with van der Waals surface area (Å²) in [5.41, 5.74) is 1.22. The van der Waals surface area contributed by atoms with Gasteiger partial charge in [-0.3, -0.25) is 0 Å². The van der Waals surface area contributed by atoms with E-state index in [1.165, 1.54) is 5.56 Å². The van der Waals surface area contributed by atoms with E-state index in [1.807, 2.05) is 18.2 Å². The predicted molar refractivity (Wildman–Crippen MR) is 64.6 cm³/mol. The van der Waals surface area contributed by atoms with Gasteiger partial charge in [-0.05, 0) is 24.0 Å². The fourth-order valence-corrected chi connectivity index (χ4v) is 2.39. The standard InChI is InChI=1S/C14H20O2/c1-3-6-10(2)14(15)13-9-11-7-4-5-8-12(11)16-13/h4-5,7-8,10,13-15H,3,6,9H2,1-2H3. The van der Waals surface area contributed by atoms with Gasteiger partial charge in [0.15, 0.2) is 0 Å². The van der Waals surface area contributed by atoms with Crippen LogP contribution in [0.4, 0.5) is 0 Å². The van der Waals surface area contributed by atoms with Crippen LogP contribution in [0.5, 0.6) is 5.75 Å². The molecule has 2 rings (SSSR count). The Morgan fingerprint density at radius 2 is 2.19 bits per heavy atom. The SMILES string of the molecule is CCCC(C)C(O)C1Cc2ccccc2O1. The van der Waals surface area contributed by atoms with E-state index in [-0.39, 0.29) is 12.2 Å². The first-order valence-corrected chi connectivity index (χ1v) is 6.15. The molecule has 2 nitrogen and oxygen atoms in total. The molecule has 1 heterocycles. The van der Waals surface area contributed by atoms with Crippen molar-refractivity contribution in [3.05, 3.63) is 29.8 Å². The zero-order valence-corrected chi connectivity index (χ0v) is 10.0. The number of para-hydroxylation sites is 1. The van der Waals surface area contributed by atoms with E-state index < -0.39 is 0 Å². The summed E-state index contributed by atoms with van der Waals surface area (Å²) in [6.45, 7) is 4.24. The van der Waals surface area contributed by atoms with E-state index in [0.29, 0.717) is 5.92 Å². The first-order chi connectivity index (χ1) is 7.72. The number of hydrogen-bond donors (Lipinski definition) is 1. The minimum absolute atomic E-state index is 0.0565. The molecule has 0 aliphatic carbocycles. The number of aliphatic hydroxyl groups excluding tert-OH is 1. The fraction of sp³-hybridized carbons (Fsp3) is 0.571. The molecule has 1 aliphatic rings. The van der Waals surface area contributed by atoms with Crippen LogP contribution in [0.2, 0.25) is 0 Å². The Kier molecular flexibility index (Phi) is 3.49. The summed E-state index contributed by atoms with van der Waals surface area (Å²) in [6, 6.07) is 8.05. The third kappa shape index (κ3) is 2.22. The maximum atomic E-state index is 10.2. The summed E-state index contributed by atoms with van der Waals surface area (Å²) >= 11 is 0. The third-order valence-electron chi connectivity index (χ3n) is 3.38. The van der Waals surface area contributed by atoms with Crippen LogP contribution in [0.25, 0.3) is 0 Å². The second-order valence-corrected chi connectivity index (χ2v) is 4.72. The van der Waals surface area contributed by atoms with Crippen molar-refractivity contribution >= 4 is 0 Å². The van der Waals surface area contributed by atoms with Gasteiger partial charge < -0.3 is 9.84 Å². The van der Waals surface area contributed by atoms with Crippen LogP contribution in [0, 0.1) is 5.92 Å². The molecular weight excluding hydrogens is 200 g/mol. The highest BCUT2D eigenvalue weighted by molar-refractivity contribution is 5.37. The van der Waals surface area contributed by atoms with Crippen molar-refractivity contribution in [2.24, 2.45) is 5.92 Å². The average molecular weight is 220 g/mol. The molecule has 88 valence electrons. The number of aliphatic hydroxyl groups is 1. The van der Waals surface area contributed by atoms with E-state index in [4.69, 9.17) is 4.74 Å². The number of hydrogen-bond acceptors (Lipinski definition) is 2. The maximum Gasteiger partial charge on any atom is 0.129 e. The van der Waals surface area contributed by atoms with E-state index in [1.54, 1.807) is 0 Å². The van der Waals surface area contributed by atoms with Crippen molar-refractivity contribution < 1.29 is 9.84 Å². The molecule has 1 aromatic rings. The van der Waals surface area contributed by atoms with Gasteiger partial charge in [0.25, 0.3) is 0 Å². The molecule has 16 heavy (non-hydrogen) atoms. The Morgan fingerprint density at radius 1 is 1.44 bits per heavy atom. The summed E-state index contributed by atoms with van der Waals surface area (Å²) in [7, 11) is 0.